The first-order valence-corrected chi connectivity index (χ1v) is 15.3. The number of hydrogen-bond donors (Lipinski definition) is 3. The van der Waals surface area contributed by atoms with Crippen molar-refractivity contribution in [1.29, 1.82) is 0 Å². The van der Waals surface area contributed by atoms with E-state index in [0.717, 1.165) is 29.9 Å². The molecule has 2 aromatic carbocycles. The van der Waals surface area contributed by atoms with Crippen molar-refractivity contribution < 1.29 is 33.1 Å². The molecule has 2 atom stereocenters. The van der Waals surface area contributed by atoms with Crippen LogP contribution in [0.4, 0.5) is 0 Å². The highest BCUT2D eigenvalue weighted by atomic mass is 31.2. The summed E-state index contributed by atoms with van der Waals surface area (Å²) in [6.07, 6.45) is 3.87. The highest BCUT2D eigenvalue weighted by Crippen LogP contribution is 2.35. The third-order valence-corrected chi connectivity index (χ3v) is 7.47. The Bertz CT molecular complexity index is 1310. The second-order valence-corrected chi connectivity index (χ2v) is 11.7. The van der Waals surface area contributed by atoms with Gasteiger partial charge in [-0.3, -0.25) is 23.8 Å². The summed E-state index contributed by atoms with van der Waals surface area (Å²) in [6.45, 7) is 3.47. The van der Waals surface area contributed by atoms with Crippen LogP contribution in [0.15, 0.2) is 71.1 Å². The van der Waals surface area contributed by atoms with Crippen LogP contribution in [-0.4, -0.2) is 48.1 Å². The minimum absolute atomic E-state index is 0.0271. The monoisotopic (exact) mass is 569 g/mol. The first-order chi connectivity index (χ1) is 19.2. The Hall–Kier alpha value is -3.72. The van der Waals surface area contributed by atoms with Gasteiger partial charge in [0.1, 0.15) is 12.4 Å². The van der Waals surface area contributed by atoms with Crippen LogP contribution in [0.2, 0.25) is 0 Å². The van der Waals surface area contributed by atoms with Crippen molar-refractivity contribution in [3.05, 3.63) is 78.1 Å². The van der Waals surface area contributed by atoms with Crippen LogP contribution >= 0.6 is 7.37 Å². The number of carbonyl (C=O) groups excluding carboxylic acids is 3. The lowest BCUT2D eigenvalue weighted by molar-refractivity contribution is -0.182. The van der Waals surface area contributed by atoms with Gasteiger partial charge in [-0.25, -0.2) is 5.06 Å². The van der Waals surface area contributed by atoms with Gasteiger partial charge in [-0.1, -0.05) is 68.7 Å². The quantitative estimate of drug-likeness (QED) is 0.0778. The van der Waals surface area contributed by atoms with E-state index in [4.69, 9.17) is 9.25 Å². The van der Waals surface area contributed by atoms with E-state index in [1.807, 2.05) is 30.3 Å². The zero-order valence-corrected chi connectivity index (χ0v) is 23.6. The Labute approximate surface area is 234 Å². The van der Waals surface area contributed by atoms with Gasteiger partial charge in [-0.15, -0.1) is 0 Å². The smallest absolute Gasteiger partial charge is 0.288 e. The second-order valence-electron chi connectivity index (χ2n) is 9.47. The molecule has 3 aromatic rings. The highest BCUT2D eigenvalue weighted by molar-refractivity contribution is 7.65. The molecule has 3 N–H and O–H groups in total. The van der Waals surface area contributed by atoms with E-state index in [0.29, 0.717) is 24.2 Å². The lowest BCUT2D eigenvalue weighted by atomic mass is 10.0. The van der Waals surface area contributed by atoms with Gasteiger partial charge in [0, 0.05) is 17.5 Å². The Morgan fingerprint density at radius 1 is 1.07 bits per heavy atom. The number of hydrogen-bond acceptors (Lipinski definition) is 6. The molecule has 0 spiro atoms. The molecule has 0 saturated carbocycles. The first-order valence-electron chi connectivity index (χ1n) is 13.2. The van der Waals surface area contributed by atoms with Crippen molar-refractivity contribution in [2.75, 3.05) is 19.9 Å². The molecule has 0 bridgehead atoms. The van der Waals surface area contributed by atoms with Gasteiger partial charge in [0.15, 0.2) is 5.76 Å². The summed E-state index contributed by atoms with van der Waals surface area (Å²) in [5.41, 5.74) is 1.46. The lowest BCUT2D eigenvalue weighted by Crippen LogP contribution is -2.43. The number of furan rings is 1. The summed E-state index contributed by atoms with van der Waals surface area (Å²) in [5, 5.41) is 6.72. The van der Waals surface area contributed by atoms with Crippen molar-refractivity contribution in [3.63, 3.8) is 0 Å². The number of rotatable bonds is 16. The standard InChI is InChI=1S/C29H36N3O7P/c1-3-4-6-12-24(18-32(21-33)38-19-22-10-7-5-8-11-22)28(34)30-20-31-29(35)27-16-15-26(39-27)23-13-9-14-25(17-23)40(2,36)37/h5,7-11,13-17,21,24H,3-4,6,12,18-20H2,1-2H3,(H,30,34)(H,31,35)(H,36,37). The van der Waals surface area contributed by atoms with Gasteiger partial charge in [0.25, 0.3) is 5.91 Å². The molecule has 0 aliphatic carbocycles. The molecule has 1 aromatic heterocycles. The van der Waals surface area contributed by atoms with Crippen molar-refractivity contribution in [2.45, 2.75) is 39.2 Å². The zero-order valence-electron chi connectivity index (χ0n) is 22.7. The summed E-state index contributed by atoms with van der Waals surface area (Å²) >= 11 is 0. The molecule has 11 heteroatoms. The number of amides is 3. The highest BCUT2D eigenvalue weighted by Gasteiger charge is 2.22. The Balaban J connectivity index is 1.55. The van der Waals surface area contributed by atoms with E-state index in [2.05, 4.69) is 17.6 Å². The molecule has 0 radical (unpaired) electrons. The molecule has 3 amide bonds. The van der Waals surface area contributed by atoms with Gasteiger partial charge >= 0.3 is 0 Å². The molecule has 0 saturated heterocycles. The SMILES string of the molecule is CCCCCC(CN(C=O)OCc1ccccc1)C(=O)NCNC(=O)c1ccc(-c2cccc(P(C)(=O)O)c2)o1. The fourth-order valence-corrected chi connectivity index (χ4v) is 4.74. The maximum atomic E-state index is 13.0. The van der Waals surface area contributed by atoms with Crippen LogP contribution in [-0.2, 0) is 25.6 Å². The average Bonchev–Trinajstić information content (AvgIpc) is 3.45. The topological polar surface area (TPSA) is 138 Å². The molecule has 3 rings (SSSR count). The molecule has 0 aliphatic rings. The molecule has 0 aliphatic heterocycles. The van der Waals surface area contributed by atoms with Crippen LogP contribution < -0.4 is 15.9 Å². The minimum Gasteiger partial charge on any atom is -0.451 e. The molecule has 0 fully saturated rings. The summed E-state index contributed by atoms with van der Waals surface area (Å²) in [5.74, 6) is -0.969. The Morgan fingerprint density at radius 2 is 1.85 bits per heavy atom. The first kappa shape index (κ1) is 30.8. The van der Waals surface area contributed by atoms with Crippen LogP contribution in [0.3, 0.4) is 0 Å². The van der Waals surface area contributed by atoms with E-state index in [1.165, 1.54) is 12.7 Å². The third kappa shape index (κ3) is 9.48. The lowest BCUT2D eigenvalue weighted by Gasteiger charge is -2.23. The number of unbranched alkanes of at least 4 members (excludes halogenated alkanes) is 2. The molecule has 1 heterocycles. The molecule has 214 valence electrons. The normalized spacial score (nSPS) is 13.2. The number of benzene rings is 2. The molecule has 2 unspecified atom stereocenters. The van der Waals surface area contributed by atoms with Crippen molar-refractivity contribution >= 4 is 30.9 Å². The maximum absolute atomic E-state index is 13.0. The van der Waals surface area contributed by atoms with Crippen molar-refractivity contribution in [1.82, 2.24) is 15.7 Å². The molecule has 10 nitrogen and oxygen atoms in total. The largest absolute Gasteiger partial charge is 0.451 e. The van der Waals surface area contributed by atoms with E-state index in [-0.39, 0.29) is 36.8 Å². The number of nitrogens with one attached hydrogen (secondary N) is 2. The average molecular weight is 570 g/mol. The summed E-state index contributed by atoms with van der Waals surface area (Å²) < 4.78 is 17.6. The summed E-state index contributed by atoms with van der Waals surface area (Å²) in [7, 11) is -3.44. The van der Waals surface area contributed by atoms with Gasteiger partial charge in [0.05, 0.1) is 19.1 Å². The van der Waals surface area contributed by atoms with Crippen LogP contribution in [0, 0.1) is 5.92 Å². The second kappa shape index (κ2) is 15.2. The van der Waals surface area contributed by atoms with Crippen molar-refractivity contribution in [2.24, 2.45) is 5.92 Å². The van der Waals surface area contributed by atoms with E-state index >= 15 is 0 Å². The van der Waals surface area contributed by atoms with Crippen LogP contribution in [0.5, 0.6) is 0 Å². The maximum Gasteiger partial charge on any atom is 0.288 e. The van der Waals surface area contributed by atoms with Gasteiger partial charge in [-0.05, 0) is 36.2 Å². The fourth-order valence-electron chi connectivity index (χ4n) is 4.00. The Morgan fingerprint density at radius 3 is 2.55 bits per heavy atom. The summed E-state index contributed by atoms with van der Waals surface area (Å²) in [6, 6.07) is 19.0. The van der Waals surface area contributed by atoms with Gasteiger partial charge < -0.3 is 19.9 Å². The van der Waals surface area contributed by atoms with Crippen LogP contribution in [0.1, 0.15) is 48.7 Å². The molecular weight excluding hydrogens is 533 g/mol. The zero-order chi connectivity index (χ0) is 29.0. The van der Waals surface area contributed by atoms with E-state index in [1.54, 1.807) is 30.3 Å². The number of hydroxylamine groups is 2. The van der Waals surface area contributed by atoms with Gasteiger partial charge in [0.2, 0.25) is 19.7 Å². The van der Waals surface area contributed by atoms with Crippen LogP contribution in [0.25, 0.3) is 11.3 Å². The van der Waals surface area contributed by atoms with Crippen molar-refractivity contribution in [3.8, 4) is 11.3 Å². The predicted octanol–water partition coefficient (Wildman–Crippen LogP) is 4.06. The summed E-state index contributed by atoms with van der Waals surface area (Å²) in [4.78, 5) is 52.6. The minimum atomic E-state index is -3.44. The number of nitrogens with zero attached hydrogens (tertiary/aromatic N) is 1. The third-order valence-electron chi connectivity index (χ3n) is 6.24. The molecule has 40 heavy (non-hydrogen) atoms. The van der Waals surface area contributed by atoms with Gasteiger partial charge in [-0.2, -0.15) is 0 Å². The van der Waals surface area contributed by atoms with E-state index in [9.17, 15) is 23.8 Å². The predicted molar refractivity (Wildman–Crippen MR) is 152 cm³/mol. The van der Waals surface area contributed by atoms with E-state index < -0.39 is 19.2 Å². The Kier molecular flexibility index (Phi) is 11.7. The molecular formula is C29H36N3O7P. The fraction of sp³-hybridized carbons (Fsp3) is 0.345. The number of carbonyl (C=O) groups is 3.